The lowest BCUT2D eigenvalue weighted by atomic mass is 9.94. The molecule has 2 nitrogen and oxygen atoms in total. The molecule has 234 valence electrons. The van der Waals surface area contributed by atoms with Gasteiger partial charge in [0.15, 0.2) is 0 Å². The predicted molar refractivity (Wildman–Crippen MR) is 199 cm³/mol. The Hall–Kier alpha value is -4.56. The summed E-state index contributed by atoms with van der Waals surface area (Å²) >= 11 is 0. The van der Waals surface area contributed by atoms with Crippen LogP contribution >= 0.6 is 0 Å². The Morgan fingerprint density at radius 1 is 0.565 bits per heavy atom. The molecule has 3 aliphatic rings. The second-order valence-corrected chi connectivity index (χ2v) is 13.4. The highest BCUT2D eigenvalue weighted by Crippen LogP contribution is 2.38. The number of hydrogen-bond acceptors (Lipinski definition) is 2. The maximum absolute atomic E-state index is 2.56. The van der Waals surface area contributed by atoms with Gasteiger partial charge in [-0.1, -0.05) is 71.4 Å². The summed E-state index contributed by atoms with van der Waals surface area (Å²) in [5, 5.41) is 0. The monoisotopic (exact) mass is 604 g/mol. The van der Waals surface area contributed by atoms with Crippen LogP contribution in [0.25, 0.3) is 5.57 Å². The van der Waals surface area contributed by atoms with Crippen molar-refractivity contribution < 1.29 is 0 Å². The Labute approximate surface area is 277 Å². The van der Waals surface area contributed by atoms with E-state index in [1.54, 1.807) is 0 Å². The number of hydrogen-bond donors (Lipinski definition) is 0. The second-order valence-electron chi connectivity index (χ2n) is 13.4. The van der Waals surface area contributed by atoms with E-state index in [1.165, 1.54) is 78.7 Å². The summed E-state index contributed by atoms with van der Waals surface area (Å²) in [6.07, 6.45) is 22.9. The third-order valence-corrected chi connectivity index (χ3v) is 9.30. The van der Waals surface area contributed by atoms with Crippen LogP contribution < -0.4 is 9.80 Å². The van der Waals surface area contributed by atoms with Gasteiger partial charge in [0, 0.05) is 34.2 Å². The molecule has 0 N–H and O–H groups in total. The lowest BCUT2D eigenvalue weighted by Crippen LogP contribution is -2.23. The van der Waals surface area contributed by atoms with Crippen molar-refractivity contribution in [2.45, 2.75) is 80.1 Å². The van der Waals surface area contributed by atoms with E-state index in [-0.39, 0.29) is 0 Å². The number of aryl methyl sites for hydroxylation is 3. The van der Waals surface area contributed by atoms with Crippen LogP contribution in [0.5, 0.6) is 0 Å². The van der Waals surface area contributed by atoms with Crippen LogP contribution in [0, 0.1) is 20.8 Å². The van der Waals surface area contributed by atoms with Gasteiger partial charge in [-0.15, -0.1) is 0 Å². The average Bonchev–Trinajstić information content (AvgIpc) is 3.35. The molecule has 0 atom stereocenters. The molecule has 3 aromatic carbocycles. The molecule has 3 aliphatic carbocycles. The summed E-state index contributed by atoms with van der Waals surface area (Å²) in [6.45, 7) is 13.4. The Bertz CT molecular complexity index is 1810. The molecule has 0 saturated heterocycles. The molecule has 3 aromatic rings. The molecule has 0 radical (unpaired) electrons. The van der Waals surface area contributed by atoms with Gasteiger partial charge in [-0.3, -0.25) is 0 Å². The zero-order chi connectivity index (χ0) is 32.2. The molecular formula is C44H48N2. The van der Waals surface area contributed by atoms with Crippen molar-refractivity contribution in [3.8, 4) is 0 Å². The van der Waals surface area contributed by atoms with Crippen LogP contribution in [0.1, 0.15) is 81.5 Å². The van der Waals surface area contributed by atoms with Gasteiger partial charge in [-0.2, -0.15) is 0 Å². The van der Waals surface area contributed by atoms with Gasteiger partial charge < -0.3 is 9.80 Å². The number of nitrogens with zero attached hydrogens (tertiary/aromatic N) is 2. The first-order valence-corrected chi connectivity index (χ1v) is 16.9. The first-order valence-electron chi connectivity index (χ1n) is 16.9. The van der Waals surface area contributed by atoms with E-state index in [2.05, 4.69) is 161 Å². The molecule has 0 unspecified atom stereocenters. The lowest BCUT2D eigenvalue weighted by molar-refractivity contribution is 0.838. The van der Waals surface area contributed by atoms with E-state index in [9.17, 15) is 0 Å². The Balaban J connectivity index is 1.38. The fraction of sp³-hybridized carbons (Fsp3) is 0.273. The number of anilines is 3. The quantitative estimate of drug-likeness (QED) is 0.248. The summed E-state index contributed by atoms with van der Waals surface area (Å²) in [7, 11) is 0. The first kappa shape index (κ1) is 31.4. The molecule has 2 heteroatoms. The van der Waals surface area contributed by atoms with Crippen molar-refractivity contribution in [1.82, 2.24) is 0 Å². The fourth-order valence-corrected chi connectivity index (χ4v) is 7.02. The van der Waals surface area contributed by atoms with Crippen molar-refractivity contribution in [3.05, 3.63) is 165 Å². The van der Waals surface area contributed by atoms with Crippen molar-refractivity contribution in [1.29, 1.82) is 0 Å². The van der Waals surface area contributed by atoms with Crippen LogP contribution in [0.15, 0.2) is 143 Å². The minimum Gasteiger partial charge on any atom is -0.318 e. The summed E-state index contributed by atoms with van der Waals surface area (Å²) < 4.78 is 0. The normalized spacial score (nSPS) is 16.9. The third-order valence-electron chi connectivity index (χ3n) is 9.30. The highest BCUT2D eigenvalue weighted by atomic mass is 15.2. The smallest absolute Gasteiger partial charge is 0.0464 e. The Kier molecular flexibility index (Phi) is 9.45. The van der Waals surface area contributed by atoms with Crippen molar-refractivity contribution in [2.24, 2.45) is 0 Å². The van der Waals surface area contributed by atoms with Gasteiger partial charge in [0.2, 0.25) is 0 Å². The van der Waals surface area contributed by atoms with E-state index in [1.807, 2.05) is 0 Å². The molecule has 6 rings (SSSR count). The maximum Gasteiger partial charge on any atom is 0.0464 e. The molecular weight excluding hydrogens is 556 g/mol. The van der Waals surface area contributed by atoms with Crippen LogP contribution in [0.2, 0.25) is 0 Å². The van der Waals surface area contributed by atoms with Crippen molar-refractivity contribution in [3.63, 3.8) is 0 Å². The summed E-state index contributed by atoms with van der Waals surface area (Å²) in [5.41, 5.74) is 18.3. The first-order chi connectivity index (χ1) is 22.2. The van der Waals surface area contributed by atoms with Gasteiger partial charge in [0.25, 0.3) is 0 Å². The van der Waals surface area contributed by atoms with E-state index in [4.69, 9.17) is 0 Å². The standard InChI is InChI=1S/C44H48N2/c1-31-11-7-15-38(21-19-31)45(39-16-8-12-32(2)26-39)43-23-24-44(36(6)30-43)37-20-22-42(29-35(5)25-37)46(40-17-9-13-33(3)27-40)41-18-10-14-34(4)28-41/h9-14,17-18,20-24,26-30H,7-8,15-16,19,25H2,1-6H3. The van der Waals surface area contributed by atoms with Crippen molar-refractivity contribution >= 4 is 22.6 Å². The van der Waals surface area contributed by atoms with E-state index in [0.717, 1.165) is 38.5 Å². The molecule has 0 fully saturated rings. The minimum absolute atomic E-state index is 0.921. The average molecular weight is 605 g/mol. The van der Waals surface area contributed by atoms with E-state index < -0.39 is 0 Å². The topological polar surface area (TPSA) is 6.48 Å². The minimum atomic E-state index is 0.921. The van der Waals surface area contributed by atoms with Crippen molar-refractivity contribution in [2.75, 3.05) is 9.80 Å². The maximum atomic E-state index is 2.56. The molecule has 46 heavy (non-hydrogen) atoms. The second kappa shape index (κ2) is 13.8. The van der Waals surface area contributed by atoms with Crippen LogP contribution in [-0.2, 0) is 0 Å². The third kappa shape index (κ3) is 7.12. The molecule has 0 amide bonds. The van der Waals surface area contributed by atoms with Gasteiger partial charge in [0.05, 0.1) is 0 Å². The van der Waals surface area contributed by atoms with Gasteiger partial charge in [-0.05, 0) is 163 Å². The Morgan fingerprint density at radius 2 is 1.24 bits per heavy atom. The molecule has 0 aromatic heterocycles. The van der Waals surface area contributed by atoms with Gasteiger partial charge in [0.1, 0.15) is 0 Å². The van der Waals surface area contributed by atoms with Crippen LogP contribution in [0.4, 0.5) is 17.1 Å². The fourth-order valence-electron chi connectivity index (χ4n) is 7.02. The predicted octanol–water partition coefficient (Wildman–Crippen LogP) is 12.5. The summed E-state index contributed by atoms with van der Waals surface area (Å²) in [5.74, 6) is 0. The zero-order valence-electron chi connectivity index (χ0n) is 28.5. The zero-order valence-corrected chi connectivity index (χ0v) is 28.5. The highest BCUT2D eigenvalue weighted by molar-refractivity contribution is 5.78. The molecule has 0 spiro atoms. The number of rotatable bonds is 7. The molecule has 0 aliphatic heterocycles. The SMILES string of the molecule is CC1=CCCC(N(C2=CCC(C)=CCC2)c2ccc(C3=CC=C(N(c4cccc(C)c4)c4cccc(C)c4)C=C(C)C3)c(C)c2)=C1. The number of allylic oxidation sites excluding steroid dienone is 13. The molecule has 0 saturated carbocycles. The number of benzene rings is 3. The highest BCUT2D eigenvalue weighted by Gasteiger charge is 2.21. The van der Waals surface area contributed by atoms with Crippen LogP contribution in [0.3, 0.4) is 0 Å². The molecule has 0 heterocycles. The van der Waals surface area contributed by atoms with E-state index >= 15 is 0 Å². The lowest BCUT2D eigenvalue weighted by Gasteiger charge is -2.32. The summed E-state index contributed by atoms with van der Waals surface area (Å²) in [4.78, 5) is 4.95. The molecule has 0 bridgehead atoms. The Morgan fingerprint density at radius 3 is 1.91 bits per heavy atom. The van der Waals surface area contributed by atoms with E-state index in [0.29, 0.717) is 0 Å². The summed E-state index contributed by atoms with van der Waals surface area (Å²) in [6, 6.07) is 24.7. The van der Waals surface area contributed by atoms with Gasteiger partial charge in [-0.25, -0.2) is 0 Å². The van der Waals surface area contributed by atoms with Gasteiger partial charge >= 0.3 is 0 Å². The van der Waals surface area contributed by atoms with Crippen LogP contribution in [-0.4, -0.2) is 0 Å². The largest absolute Gasteiger partial charge is 0.318 e.